The summed E-state index contributed by atoms with van der Waals surface area (Å²) in [5.74, 6) is 2.41. The summed E-state index contributed by atoms with van der Waals surface area (Å²) in [6, 6.07) is 15.6. The zero-order valence-corrected chi connectivity index (χ0v) is 35.1. The first-order valence-corrected chi connectivity index (χ1v) is 18.8. The molecular weight excluding hydrogens is 607 g/mol. The molecule has 0 bridgehead atoms. The molecule has 0 atom stereocenters. The van der Waals surface area contributed by atoms with E-state index in [9.17, 15) is 0 Å². The normalized spacial score (nSPS) is 13.6. The Hall–Kier alpha value is -2.51. The summed E-state index contributed by atoms with van der Waals surface area (Å²) >= 11 is 0. The highest BCUT2D eigenvalue weighted by Crippen LogP contribution is 2.51. The van der Waals surface area contributed by atoms with E-state index in [0.717, 1.165) is 33.9 Å². The standard InChI is InChI=1S/C44H67O3P/c1-28-23-37(34(43(15,16)17)26-31(28)40(6,7)8)46-48(45-36-22-21-30(39(3,4)5)25-33(36)42(12,13)14)47-38-24-29(2)32(41(9,10)11)27-35(38)44(18,19)20/h21-27H,1-20H3. The lowest BCUT2D eigenvalue weighted by Gasteiger charge is -2.32. The predicted octanol–water partition coefficient (Wildman–Crippen LogP) is 13.9. The fourth-order valence-corrected chi connectivity index (χ4v) is 7.32. The Morgan fingerprint density at radius 3 is 0.979 bits per heavy atom. The molecule has 0 aliphatic rings. The van der Waals surface area contributed by atoms with Gasteiger partial charge in [0.2, 0.25) is 0 Å². The van der Waals surface area contributed by atoms with Gasteiger partial charge in [-0.15, -0.1) is 0 Å². The summed E-state index contributed by atoms with van der Waals surface area (Å²) in [5, 5.41) is 0. The van der Waals surface area contributed by atoms with Crippen LogP contribution in [0.25, 0.3) is 0 Å². The van der Waals surface area contributed by atoms with E-state index >= 15 is 0 Å². The zero-order chi connectivity index (χ0) is 37.0. The lowest BCUT2D eigenvalue weighted by atomic mass is 9.78. The van der Waals surface area contributed by atoms with Gasteiger partial charge in [0.1, 0.15) is 17.2 Å². The summed E-state index contributed by atoms with van der Waals surface area (Å²) in [6.45, 7) is 45.0. The van der Waals surface area contributed by atoms with E-state index in [1.54, 1.807) is 0 Å². The highest BCUT2D eigenvalue weighted by Gasteiger charge is 2.33. The minimum Gasteiger partial charge on any atom is -0.408 e. The van der Waals surface area contributed by atoms with Crippen molar-refractivity contribution in [3.63, 3.8) is 0 Å². The summed E-state index contributed by atoms with van der Waals surface area (Å²) < 4.78 is 21.0. The van der Waals surface area contributed by atoms with Crippen molar-refractivity contribution in [3.8, 4) is 17.2 Å². The van der Waals surface area contributed by atoms with Crippen LogP contribution in [-0.4, -0.2) is 0 Å². The van der Waals surface area contributed by atoms with Crippen LogP contribution < -0.4 is 13.6 Å². The molecule has 0 unspecified atom stereocenters. The molecule has 0 aliphatic heterocycles. The molecule has 4 heteroatoms. The molecule has 0 saturated heterocycles. The van der Waals surface area contributed by atoms with Crippen molar-refractivity contribution < 1.29 is 13.6 Å². The van der Waals surface area contributed by atoms with E-state index in [0.29, 0.717) is 0 Å². The smallest absolute Gasteiger partial charge is 0.408 e. The second-order valence-corrected chi connectivity index (χ2v) is 21.0. The van der Waals surface area contributed by atoms with Gasteiger partial charge in [0, 0.05) is 16.7 Å². The van der Waals surface area contributed by atoms with E-state index in [-0.39, 0.29) is 32.5 Å². The SMILES string of the molecule is Cc1cc(OP(Oc2ccc(C(C)(C)C)cc2C(C)(C)C)Oc2cc(C)c(C(C)(C)C)cc2C(C)(C)C)c(C(C)(C)C)cc1C(C)(C)C. The highest BCUT2D eigenvalue weighted by molar-refractivity contribution is 7.43. The van der Waals surface area contributed by atoms with Crippen LogP contribution in [-0.2, 0) is 32.5 Å². The van der Waals surface area contributed by atoms with Crippen LogP contribution in [0.3, 0.4) is 0 Å². The molecule has 3 aromatic rings. The van der Waals surface area contributed by atoms with Gasteiger partial charge in [-0.2, -0.15) is 0 Å². The first-order valence-electron chi connectivity index (χ1n) is 17.7. The van der Waals surface area contributed by atoms with Crippen LogP contribution in [0.4, 0.5) is 0 Å². The molecule has 0 heterocycles. The average molecular weight is 675 g/mol. The molecule has 0 saturated carbocycles. The first-order chi connectivity index (χ1) is 21.4. The van der Waals surface area contributed by atoms with Crippen molar-refractivity contribution in [1.82, 2.24) is 0 Å². The Bertz CT molecular complexity index is 1520. The topological polar surface area (TPSA) is 27.7 Å². The number of benzene rings is 3. The maximum Gasteiger partial charge on any atom is 0.530 e. The quantitative estimate of drug-likeness (QED) is 0.244. The van der Waals surface area contributed by atoms with Gasteiger partial charge in [-0.1, -0.05) is 149 Å². The minimum atomic E-state index is -1.92. The minimum absolute atomic E-state index is 0.00466. The van der Waals surface area contributed by atoms with Crippen LogP contribution in [0.2, 0.25) is 0 Å². The van der Waals surface area contributed by atoms with Crippen LogP contribution in [0.15, 0.2) is 42.5 Å². The lowest BCUT2D eigenvalue weighted by Crippen LogP contribution is -2.20. The van der Waals surface area contributed by atoms with E-state index in [1.807, 2.05) is 0 Å². The molecule has 266 valence electrons. The maximum atomic E-state index is 7.02. The van der Waals surface area contributed by atoms with Gasteiger partial charge < -0.3 is 13.6 Å². The second kappa shape index (κ2) is 13.3. The molecule has 0 spiro atoms. The van der Waals surface area contributed by atoms with Crippen LogP contribution in [0, 0.1) is 13.8 Å². The second-order valence-electron chi connectivity index (χ2n) is 20.0. The monoisotopic (exact) mass is 674 g/mol. The first kappa shape index (κ1) is 39.9. The molecule has 48 heavy (non-hydrogen) atoms. The number of aryl methyl sites for hydroxylation is 2. The fraction of sp³-hybridized carbons (Fsp3) is 0.591. The molecule has 0 aliphatic carbocycles. The Labute approximate surface area is 296 Å². The van der Waals surface area contributed by atoms with Crippen molar-refractivity contribution >= 4 is 8.60 Å². The average Bonchev–Trinajstić information content (AvgIpc) is 2.84. The van der Waals surface area contributed by atoms with E-state index in [4.69, 9.17) is 13.6 Å². The van der Waals surface area contributed by atoms with Crippen LogP contribution >= 0.6 is 8.60 Å². The summed E-state index contributed by atoms with van der Waals surface area (Å²) in [4.78, 5) is 0. The van der Waals surface area contributed by atoms with Gasteiger partial charge in [-0.05, 0) is 92.4 Å². The summed E-state index contributed by atoms with van der Waals surface area (Å²) in [7, 11) is -1.92. The lowest BCUT2D eigenvalue weighted by molar-refractivity contribution is 0.371. The van der Waals surface area contributed by atoms with Crippen molar-refractivity contribution in [2.75, 3.05) is 0 Å². The van der Waals surface area contributed by atoms with Crippen molar-refractivity contribution in [3.05, 3.63) is 87.0 Å². The third kappa shape index (κ3) is 9.59. The van der Waals surface area contributed by atoms with Gasteiger partial charge in [0.25, 0.3) is 0 Å². The van der Waals surface area contributed by atoms with Gasteiger partial charge in [0.15, 0.2) is 0 Å². The van der Waals surface area contributed by atoms with Crippen LogP contribution in [0.1, 0.15) is 169 Å². The summed E-state index contributed by atoms with van der Waals surface area (Å²) in [5.41, 5.74) is 9.31. The van der Waals surface area contributed by atoms with E-state index in [1.165, 1.54) is 27.8 Å². The molecule has 0 N–H and O–H groups in total. The molecule has 0 radical (unpaired) electrons. The van der Waals surface area contributed by atoms with Gasteiger partial charge in [-0.3, -0.25) is 0 Å². The van der Waals surface area contributed by atoms with Crippen molar-refractivity contribution in [2.24, 2.45) is 0 Å². The number of hydrogen-bond donors (Lipinski definition) is 0. The van der Waals surface area contributed by atoms with Gasteiger partial charge in [0.05, 0.1) is 0 Å². The fourth-order valence-electron chi connectivity index (χ4n) is 6.26. The summed E-state index contributed by atoms with van der Waals surface area (Å²) in [6.07, 6.45) is 0. The van der Waals surface area contributed by atoms with Gasteiger partial charge >= 0.3 is 8.60 Å². The Kier molecular flexibility index (Phi) is 11.1. The molecule has 0 fully saturated rings. The van der Waals surface area contributed by atoms with E-state index < -0.39 is 8.60 Å². The molecule has 0 amide bonds. The Morgan fingerprint density at radius 2 is 0.667 bits per heavy atom. The van der Waals surface area contributed by atoms with Gasteiger partial charge in [-0.25, -0.2) is 0 Å². The number of hydrogen-bond acceptors (Lipinski definition) is 3. The molecule has 0 aromatic heterocycles. The van der Waals surface area contributed by atoms with E-state index in [2.05, 4.69) is 181 Å². The largest absolute Gasteiger partial charge is 0.530 e. The molecule has 3 aromatic carbocycles. The molecule has 3 nitrogen and oxygen atoms in total. The maximum absolute atomic E-state index is 7.02. The van der Waals surface area contributed by atoms with Crippen LogP contribution in [0.5, 0.6) is 17.2 Å². The third-order valence-electron chi connectivity index (χ3n) is 9.06. The van der Waals surface area contributed by atoms with Crippen molar-refractivity contribution in [1.29, 1.82) is 0 Å². The molecule has 3 rings (SSSR count). The van der Waals surface area contributed by atoms with Crippen molar-refractivity contribution in [2.45, 2.75) is 171 Å². The Morgan fingerprint density at radius 1 is 0.354 bits per heavy atom. The highest BCUT2D eigenvalue weighted by atomic mass is 31.2. The third-order valence-corrected chi connectivity index (χ3v) is 10.1. The Balaban J connectivity index is 2.31. The number of rotatable bonds is 6. The predicted molar refractivity (Wildman–Crippen MR) is 210 cm³/mol. The zero-order valence-electron chi connectivity index (χ0n) is 34.2. The molecular formula is C44H67O3P.